The predicted octanol–water partition coefficient (Wildman–Crippen LogP) is 0.953. The highest BCUT2D eigenvalue weighted by atomic mass is 16.5. The summed E-state index contributed by atoms with van der Waals surface area (Å²) in [7, 11) is 2.08. The maximum absolute atomic E-state index is 5.58. The van der Waals surface area contributed by atoms with Gasteiger partial charge in [-0.15, -0.1) is 0 Å². The van der Waals surface area contributed by atoms with Crippen molar-refractivity contribution in [1.29, 1.82) is 0 Å². The third-order valence-electron chi connectivity index (χ3n) is 3.85. The van der Waals surface area contributed by atoms with Gasteiger partial charge >= 0.3 is 0 Å². The van der Waals surface area contributed by atoms with Crippen molar-refractivity contribution in [2.75, 3.05) is 39.9 Å². The number of ether oxygens (including phenoxy) is 1. The highest BCUT2D eigenvalue weighted by Crippen LogP contribution is 2.20. The number of nitrogens with one attached hydrogen (secondary N) is 1. The topological polar surface area (TPSA) is 24.5 Å². The minimum Gasteiger partial charge on any atom is -0.381 e. The summed E-state index contributed by atoms with van der Waals surface area (Å²) in [4.78, 5) is 2.61. The fourth-order valence-electron chi connectivity index (χ4n) is 2.88. The van der Waals surface area contributed by atoms with Crippen molar-refractivity contribution in [2.45, 2.75) is 25.8 Å². The Labute approximate surface area is 93.2 Å². The molecule has 1 N–H and O–H groups in total. The number of hydrogen-bond donors (Lipinski definition) is 1. The molecule has 0 aromatic heterocycles. The van der Waals surface area contributed by atoms with E-state index in [-0.39, 0.29) is 0 Å². The second-order valence-corrected chi connectivity index (χ2v) is 5.17. The van der Waals surface area contributed by atoms with E-state index in [4.69, 9.17) is 4.74 Å². The lowest BCUT2D eigenvalue weighted by Crippen LogP contribution is -2.46. The lowest BCUT2D eigenvalue weighted by atomic mass is 9.95. The molecule has 15 heavy (non-hydrogen) atoms. The van der Waals surface area contributed by atoms with Crippen LogP contribution in [-0.2, 0) is 4.74 Å². The fourth-order valence-corrected chi connectivity index (χ4v) is 2.88. The molecule has 3 heteroatoms. The van der Waals surface area contributed by atoms with E-state index in [2.05, 4.69) is 24.2 Å². The monoisotopic (exact) mass is 212 g/mol. The van der Waals surface area contributed by atoms with Crippen LogP contribution >= 0.6 is 0 Å². The van der Waals surface area contributed by atoms with Crippen LogP contribution in [0.1, 0.15) is 19.8 Å². The van der Waals surface area contributed by atoms with Crippen LogP contribution in [0.3, 0.4) is 0 Å². The van der Waals surface area contributed by atoms with Crippen LogP contribution in [0.5, 0.6) is 0 Å². The van der Waals surface area contributed by atoms with E-state index in [1.54, 1.807) is 0 Å². The highest BCUT2D eigenvalue weighted by molar-refractivity contribution is 4.83. The first-order chi connectivity index (χ1) is 7.29. The smallest absolute Gasteiger partial charge is 0.0521 e. The first kappa shape index (κ1) is 11.4. The molecule has 0 aromatic rings. The molecule has 0 saturated carbocycles. The standard InChI is InChI=1S/C12H24N2O/c1-10-3-5-14(7-10)8-11-9-15-6-4-12(11)13-2/h10-13H,3-9H2,1-2H3. The second-order valence-electron chi connectivity index (χ2n) is 5.17. The van der Waals surface area contributed by atoms with Gasteiger partial charge in [-0.25, -0.2) is 0 Å². The molecule has 0 radical (unpaired) electrons. The Balaban J connectivity index is 1.81. The molecule has 2 rings (SSSR count). The van der Waals surface area contributed by atoms with Crippen LogP contribution in [0.4, 0.5) is 0 Å². The van der Waals surface area contributed by atoms with Crippen LogP contribution in [0.25, 0.3) is 0 Å². The van der Waals surface area contributed by atoms with E-state index in [0.29, 0.717) is 12.0 Å². The third-order valence-corrected chi connectivity index (χ3v) is 3.85. The van der Waals surface area contributed by atoms with Crippen molar-refractivity contribution >= 4 is 0 Å². The quantitative estimate of drug-likeness (QED) is 0.754. The first-order valence-electron chi connectivity index (χ1n) is 6.27. The molecule has 2 saturated heterocycles. The molecule has 0 amide bonds. The Morgan fingerprint density at radius 3 is 2.93 bits per heavy atom. The Morgan fingerprint density at radius 1 is 1.40 bits per heavy atom. The van der Waals surface area contributed by atoms with E-state index in [1.165, 1.54) is 32.5 Å². The summed E-state index contributed by atoms with van der Waals surface area (Å²) < 4.78 is 5.58. The molecule has 3 atom stereocenters. The lowest BCUT2D eigenvalue weighted by molar-refractivity contribution is 0.0210. The van der Waals surface area contributed by atoms with Crippen LogP contribution in [0.2, 0.25) is 0 Å². The van der Waals surface area contributed by atoms with E-state index in [0.717, 1.165) is 19.1 Å². The number of nitrogens with zero attached hydrogens (tertiary/aromatic N) is 1. The van der Waals surface area contributed by atoms with E-state index in [9.17, 15) is 0 Å². The van der Waals surface area contributed by atoms with Gasteiger partial charge in [-0.2, -0.15) is 0 Å². The molecule has 0 aliphatic carbocycles. The van der Waals surface area contributed by atoms with Gasteiger partial charge in [0.05, 0.1) is 6.61 Å². The maximum atomic E-state index is 5.58. The molecule has 2 fully saturated rings. The summed E-state index contributed by atoms with van der Waals surface area (Å²) in [5, 5.41) is 3.43. The molecule has 2 aliphatic heterocycles. The molecule has 3 unspecified atom stereocenters. The Bertz CT molecular complexity index is 198. The van der Waals surface area contributed by atoms with Gasteiger partial charge in [0.2, 0.25) is 0 Å². The maximum Gasteiger partial charge on any atom is 0.0521 e. The second kappa shape index (κ2) is 5.28. The van der Waals surface area contributed by atoms with Crippen molar-refractivity contribution in [3.63, 3.8) is 0 Å². The third kappa shape index (κ3) is 2.92. The summed E-state index contributed by atoms with van der Waals surface area (Å²) in [5.41, 5.74) is 0. The largest absolute Gasteiger partial charge is 0.381 e. The highest BCUT2D eigenvalue weighted by Gasteiger charge is 2.28. The Hall–Kier alpha value is -0.120. The zero-order valence-electron chi connectivity index (χ0n) is 10.0. The molecule has 2 aliphatic rings. The van der Waals surface area contributed by atoms with Crippen molar-refractivity contribution in [3.05, 3.63) is 0 Å². The molecule has 3 nitrogen and oxygen atoms in total. The zero-order valence-corrected chi connectivity index (χ0v) is 10.0. The van der Waals surface area contributed by atoms with Gasteiger partial charge in [-0.3, -0.25) is 0 Å². The van der Waals surface area contributed by atoms with E-state index >= 15 is 0 Å². The van der Waals surface area contributed by atoms with Gasteiger partial charge in [0.1, 0.15) is 0 Å². The number of likely N-dealkylation sites (tertiary alicyclic amines) is 1. The first-order valence-corrected chi connectivity index (χ1v) is 6.27. The summed E-state index contributed by atoms with van der Waals surface area (Å²) in [5.74, 6) is 1.58. The molecule has 0 spiro atoms. The summed E-state index contributed by atoms with van der Waals surface area (Å²) in [6, 6.07) is 0.662. The number of hydrogen-bond acceptors (Lipinski definition) is 3. The van der Waals surface area contributed by atoms with Crippen molar-refractivity contribution in [3.8, 4) is 0 Å². The van der Waals surface area contributed by atoms with Gasteiger partial charge in [-0.05, 0) is 32.4 Å². The SMILES string of the molecule is CNC1CCOCC1CN1CCC(C)C1. The summed E-state index contributed by atoms with van der Waals surface area (Å²) in [6.07, 6.45) is 2.54. The summed E-state index contributed by atoms with van der Waals surface area (Å²) in [6.45, 7) is 8.01. The van der Waals surface area contributed by atoms with Crippen LogP contribution in [0, 0.1) is 11.8 Å². The molecular weight excluding hydrogens is 188 g/mol. The van der Waals surface area contributed by atoms with E-state index in [1.807, 2.05) is 0 Å². The average molecular weight is 212 g/mol. The molecule has 88 valence electrons. The lowest BCUT2D eigenvalue weighted by Gasteiger charge is -2.34. The van der Waals surface area contributed by atoms with Gasteiger partial charge in [0.15, 0.2) is 0 Å². The van der Waals surface area contributed by atoms with Crippen LogP contribution in [0.15, 0.2) is 0 Å². The molecule has 0 bridgehead atoms. The van der Waals surface area contributed by atoms with Crippen LogP contribution in [-0.4, -0.2) is 50.8 Å². The van der Waals surface area contributed by atoms with Crippen molar-refractivity contribution in [2.24, 2.45) is 11.8 Å². The molecule has 2 heterocycles. The minimum absolute atomic E-state index is 0.662. The van der Waals surface area contributed by atoms with Gasteiger partial charge < -0.3 is 15.0 Å². The van der Waals surface area contributed by atoms with Crippen LogP contribution < -0.4 is 5.32 Å². The van der Waals surface area contributed by atoms with Crippen molar-refractivity contribution in [1.82, 2.24) is 10.2 Å². The summed E-state index contributed by atoms with van der Waals surface area (Å²) >= 11 is 0. The fraction of sp³-hybridized carbons (Fsp3) is 1.00. The van der Waals surface area contributed by atoms with Gasteiger partial charge in [0.25, 0.3) is 0 Å². The molecular formula is C12H24N2O. The van der Waals surface area contributed by atoms with Crippen molar-refractivity contribution < 1.29 is 4.74 Å². The van der Waals surface area contributed by atoms with E-state index < -0.39 is 0 Å². The normalized spacial score (nSPS) is 38.4. The van der Waals surface area contributed by atoms with Gasteiger partial charge in [-0.1, -0.05) is 6.92 Å². The van der Waals surface area contributed by atoms with Gasteiger partial charge in [0, 0.05) is 31.7 Å². The predicted molar refractivity (Wildman–Crippen MR) is 62.0 cm³/mol. The molecule has 0 aromatic carbocycles. The zero-order chi connectivity index (χ0) is 10.7. The minimum atomic E-state index is 0.662. The Kier molecular flexibility index (Phi) is 4.00. The average Bonchev–Trinajstić information content (AvgIpc) is 2.65. The Morgan fingerprint density at radius 2 is 2.27 bits per heavy atom. The number of rotatable bonds is 3.